The van der Waals surface area contributed by atoms with Gasteiger partial charge in [0.1, 0.15) is 0 Å². The number of hydrogen-bond acceptors (Lipinski definition) is 3. The highest BCUT2D eigenvalue weighted by Gasteiger charge is 2.36. The van der Waals surface area contributed by atoms with E-state index in [0.717, 1.165) is 40.2 Å². The second-order valence-corrected chi connectivity index (χ2v) is 11.8. The van der Waals surface area contributed by atoms with Crippen LogP contribution in [0.3, 0.4) is 0 Å². The van der Waals surface area contributed by atoms with Gasteiger partial charge in [0, 0.05) is 65.8 Å². The van der Waals surface area contributed by atoms with Crippen LogP contribution in [0.15, 0.2) is 88.8 Å². The van der Waals surface area contributed by atoms with E-state index in [1.165, 1.54) is 17.7 Å². The van der Waals surface area contributed by atoms with Crippen LogP contribution in [0.2, 0.25) is 0 Å². The van der Waals surface area contributed by atoms with Crippen molar-refractivity contribution in [3.63, 3.8) is 0 Å². The summed E-state index contributed by atoms with van der Waals surface area (Å²) < 4.78 is 32.4. The molecule has 2 bridgehead atoms. The highest BCUT2D eigenvalue weighted by molar-refractivity contribution is 7.91. The number of aryl methyl sites for hydroxylation is 1. The summed E-state index contributed by atoms with van der Waals surface area (Å²) in [7, 11) is -1.60. The van der Waals surface area contributed by atoms with Crippen LogP contribution in [0.5, 0.6) is 0 Å². The topological polar surface area (TPSA) is 56.0 Å². The van der Waals surface area contributed by atoms with Crippen molar-refractivity contribution in [2.45, 2.75) is 47.7 Å². The molecule has 0 radical (unpaired) electrons. The van der Waals surface area contributed by atoms with Crippen molar-refractivity contribution in [3.05, 3.63) is 95.8 Å². The predicted octanol–water partition coefficient (Wildman–Crippen LogP) is 5.79. The van der Waals surface area contributed by atoms with Gasteiger partial charge in [-0.15, -0.1) is 12.4 Å². The third-order valence-corrected chi connectivity index (χ3v) is 9.69. The zero-order chi connectivity index (χ0) is 23.7. The summed E-state index contributed by atoms with van der Waals surface area (Å²) in [6.45, 7) is 0.622. The highest BCUT2D eigenvalue weighted by Crippen LogP contribution is 2.42. The molecule has 7 heteroatoms. The van der Waals surface area contributed by atoms with E-state index >= 15 is 0 Å². The normalized spacial score (nSPS) is 18.9. The molecule has 4 heterocycles. The number of rotatable bonds is 4. The van der Waals surface area contributed by atoms with E-state index in [1.807, 2.05) is 59.2 Å². The van der Waals surface area contributed by atoms with Gasteiger partial charge in [0.05, 0.1) is 9.79 Å². The van der Waals surface area contributed by atoms with Crippen LogP contribution in [0.4, 0.5) is 0 Å². The zero-order valence-corrected chi connectivity index (χ0v) is 21.6. The number of sulfone groups is 1. The molecule has 2 aliphatic heterocycles. The maximum Gasteiger partial charge on any atom is 0.208 e. The van der Waals surface area contributed by atoms with Crippen LogP contribution in [0, 0.1) is 0 Å². The monoisotopic (exact) mass is 517 g/mol. The van der Waals surface area contributed by atoms with E-state index < -0.39 is 9.84 Å². The van der Waals surface area contributed by atoms with E-state index in [2.05, 4.69) is 29.1 Å². The molecule has 2 aliphatic rings. The molecule has 2 aromatic heterocycles. The van der Waals surface area contributed by atoms with Gasteiger partial charge in [0.25, 0.3) is 0 Å². The summed E-state index contributed by atoms with van der Waals surface area (Å²) in [5.74, 6) is 0. The second kappa shape index (κ2) is 8.51. The molecule has 0 aliphatic carbocycles. The summed E-state index contributed by atoms with van der Waals surface area (Å²) in [6.07, 6.45) is 5.10. The number of para-hydroxylation sites is 1. The van der Waals surface area contributed by atoms with Crippen molar-refractivity contribution < 1.29 is 8.42 Å². The molecule has 7 rings (SSSR count). The van der Waals surface area contributed by atoms with Gasteiger partial charge in [0.15, 0.2) is 0 Å². The molecule has 0 saturated carbocycles. The molecule has 2 unspecified atom stereocenters. The molecule has 1 saturated heterocycles. The Morgan fingerprint density at radius 3 is 2.53 bits per heavy atom. The Morgan fingerprint density at radius 2 is 1.69 bits per heavy atom. The van der Waals surface area contributed by atoms with Crippen molar-refractivity contribution in [1.29, 1.82) is 0 Å². The number of nitrogens with one attached hydrogen (secondary N) is 1. The van der Waals surface area contributed by atoms with Gasteiger partial charge in [0.2, 0.25) is 9.84 Å². The Balaban J connectivity index is 0.00000240. The largest absolute Gasteiger partial charge is 0.347 e. The summed E-state index contributed by atoms with van der Waals surface area (Å²) >= 11 is 0. The van der Waals surface area contributed by atoms with Crippen molar-refractivity contribution in [2.24, 2.45) is 7.05 Å². The Labute approximate surface area is 217 Å². The summed E-state index contributed by atoms with van der Waals surface area (Å²) in [4.78, 5) is 0.730. The first kappa shape index (κ1) is 23.3. The zero-order valence-electron chi connectivity index (χ0n) is 20.0. The lowest BCUT2D eigenvalue weighted by atomic mass is 9.99. The molecule has 36 heavy (non-hydrogen) atoms. The first-order valence-electron chi connectivity index (χ1n) is 12.2. The molecule has 184 valence electrons. The van der Waals surface area contributed by atoms with Gasteiger partial charge in [-0.3, -0.25) is 0 Å². The Hall–Kier alpha value is -3.06. The number of hydrogen-bond donors (Lipinski definition) is 1. The van der Waals surface area contributed by atoms with Gasteiger partial charge in [-0.2, -0.15) is 0 Å². The van der Waals surface area contributed by atoms with Crippen LogP contribution in [-0.2, 0) is 29.9 Å². The lowest BCUT2D eigenvalue weighted by molar-refractivity contribution is 0.503. The maximum atomic E-state index is 14.1. The molecular formula is C29H28ClN3O2S. The van der Waals surface area contributed by atoms with Gasteiger partial charge >= 0.3 is 0 Å². The van der Waals surface area contributed by atoms with Gasteiger partial charge in [-0.05, 0) is 48.2 Å². The van der Waals surface area contributed by atoms with Crippen molar-refractivity contribution in [3.8, 4) is 0 Å². The fourth-order valence-electron chi connectivity index (χ4n) is 6.21. The van der Waals surface area contributed by atoms with E-state index in [1.54, 1.807) is 12.3 Å². The fraction of sp³-hybridized carbons (Fsp3) is 0.241. The number of benzene rings is 3. The molecule has 5 aromatic rings. The Kier molecular flexibility index (Phi) is 5.52. The minimum absolute atomic E-state index is 0. The summed E-state index contributed by atoms with van der Waals surface area (Å²) in [5, 5.41) is 5.55. The molecule has 5 nitrogen and oxygen atoms in total. The van der Waals surface area contributed by atoms with Gasteiger partial charge in [-0.1, -0.05) is 48.5 Å². The smallest absolute Gasteiger partial charge is 0.208 e. The number of halogens is 1. The average molecular weight is 518 g/mol. The SMILES string of the molecule is Cl.Cn1c2c(c3cc(S(=O)(=O)c4cn(Cc5ccccc5)c5ccccc45)ccc31)C1CCC(C2)N1. The van der Waals surface area contributed by atoms with E-state index in [-0.39, 0.29) is 12.4 Å². The summed E-state index contributed by atoms with van der Waals surface area (Å²) in [6, 6.07) is 24.4. The molecule has 1 fully saturated rings. The Bertz CT molecular complexity index is 1720. The standard InChI is InChI=1S/C29H27N3O2S.ClH/c1-31-25-14-12-21(16-23(25)29-24-13-11-20(30-24)15-27(29)31)35(33,34)28-18-32(17-19-7-3-2-4-8-19)26-10-6-5-9-22(26)28;/h2-10,12,14,16,18,20,24,30H,11,13,15,17H2,1H3;1H. The lowest BCUT2D eigenvalue weighted by Crippen LogP contribution is -2.32. The summed E-state index contributed by atoms with van der Waals surface area (Å²) in [5.41, 5.74) is 5.81. The molecule has 2 atom stereocenters. The number of fused-ring (bicyclic) bond motifs is 7. The number of nitrogens with zero attached hydrogens (tertiary/aromatic N) is 2. The van der Waals surface area contributed by atoms with Crippen LogP contribution >= 0.6 is 12.4 Å². The first-order valence-corrected chi connectivity index (χ1v) is 13.7. The molecular weight excluding hydrogens is 490 g/mol. The van der Waals surface area contributed by atoms with E-state index in [4.69, 9.17) is 0 Å². The molecule has 3 aromatic carbocycles. The van der Waals surface area contributed by atoms with Crippen LogP contribution < -0.4 is 5.32 Å². The van der Waals surface area contributed by atoms with E-state index in [9.17, 15) is 8.42 Å². The molecule has 1 N–H and O–H groups in total. The maximum absolute atomic E-state index is 14.1. The van der Waals surface area contributed by atoms with E-state index in [0.29, 0.717) is 28.4 Å². The van der Waals surface area contributed by atoms with Crippen LogP contribution in [0.25, 0.3) is 21.8 Å². The quantitative estimate of drug-likeness (QED) is 0.328. The van der Waals surface area contributed by atoms with Crippen molar-refractivity contribution in [1.82, 2.24) is 14.5 Å². The Morgan fingerprint density at radius 1 is 0.917 bits per heavy atom. The predicted molar refractivity (Wildman–Crippen MR) is 146 cm³/mol. The third kappa shape index (κ3) is 3.43. The van der Waals surface area contributed by atoms with Crippen molar-refractivity contribution in [2.75, 3.05) is 0 Å². The van der Waals surface area contributed by atoms with Crippen LogP contribution in [-0.4, -0.2) is 23.6 Å². The van der Waals surface area contributed by atoms with Gasteiger partial charge < -0.3 is 14.5 Å². The minimum atomic E-state index is -3.71. The lowest BCUT2D eigenvalue weighted by Gasteiger charge is -2.23. The third-order valence-electron chi connectivity index (χ3n) is 7.91. The second-order valence-electron chi connectivity index (χ2n) is 9.92. The first-order chi connectivity index (χ1) is 17.0. The fourth-order valence-corrected chi connectivity index (χ4v) is 7.72. The average Bonchev–Trinajstić information content (AvgIpc) is 3.53. The van der Waals surface area contributed by atoms with Crippen LogP contribution in [0.1, 0.15) is 35.7 Å². The molecule has 0 amide bonds. The van der Waals surface area contributed by atoms with Crippen molar-refractivity contribution >= 4 is 44.1 Å². The van der Waals surface area contributed by atoms with Gasteiger partial charge in [-0.25, -0.2) is 8.42 Å². The molecule has 0 spiro atoms. The minimum Gasteiger partial charge on any atom is -0.347 e. The highest BCUT2D eigenvalue weighted by atomic mass is 35.5. The number of aromatic nitrogens is 2.